The van der Waals surface area contributed by atoms with Gasteiger partial charge in [-0.3, -0.25) is 15.6 Å². The fraction of sp³-hybridized carbons (Fsp3) is 0.167. The number of amides is 1. The molecule has 1 aromatic heterocycles. The van der Waals surface area contributed by atoms with Crippen LogP contribution in [0.3, 0.4) is 0 Å². The van der Waals surface area contributed by atoms with Gasteiger partial charge in [0.25, 0.3) is 5.91 Å². The van der Waals surface area contributed by atoms with Gasteiger partial charge in [0.05, 0.1) is 16.8 Å². The second-order valence-electron chi connectivity index (χ2n) is 5.88. The Morgan fingerprint density at radius 2 is 2.00 bits per heavy atom. The molecule has 10 heteroatoms. The van der Waals surface area contributed by atoms with Crippen molar-refractivity contribution in [1.82, 2.24) is 21.2 Å². The van der Waals surface area contributed by atoms with Crippen molar-refractivity contribution in [2.24, 2.45) is 0 Å². The van der Waals surface area contributed by atoms with Crippen molar-refractivity contribution in [2.75, 3.05) is 18.7 Å². The summed E-state index contributed by atoms with van der Waals surface area (Å²) < 4.78 is 11.7. The minimum absolute atomic E-state index is 0.0809. The topological polar surface area (TPSA) is 96.5 Å². The Morgan fingerprint density at radius 3 is 2.89 bits per heavy atom. The fourth-order valence-electron chi connectivity index (χ4n) is 2.55. The molecule has 8 nitrogen and oxygen atoms in total. The lowest BCUT2D eigenvalue weighted by molar-refractivity contribution is -0.119. The van der Waals surface area contributed by atoms with Crippen LogP contribution in [-0.2, 0) is 11.3 Å². The molecule has 1 amide bonds. The molecule has 0 bridgehead atoms. The molecule has 3 aromatic rings. The Kier molecular flexibility index (Phi) is 5.40. The summed E-state index contributed by atoms with van der Waals surface area (Å²) in [4.78, 5) is 16.4. The number of carbonyl (C=O) groups is 1. The van der Waals surface area contributed by atoms with Gasteiger partial charge < -0.3 is 20.1 Å². The third kappa shape index (κ3) is 4.41. The Morgan fingerprint density at radius 1 is 1.14 bits per heavy atom. The molecule has 0 saturated carbocycles. The lowest BCUT2D eigenvalue weighted by Gasteiger charge is -2.12. The molecule has 0 fully saturated rings. The van der Waals surface area contributed by atoms with Crippen LogP contribution in [-0.4, -0.2) is 29.3 Å². The molecular weight excluding hydrogens is 398 g/mol. The number of thiazole rings is 1. The van der Waals surface area contributed by atoms with Crippen LogP contribution in [0.5, 0.6) is 11.5 Å². The summed E-state index contributed by atoms with van der Waals surface area (Å²) in [5, 5.41) is 7.03. The lowest BCUT2D eigenvalue weighted by atomic mass is 10.2. The molecule has 144 valence electrons. The van der Waals surface area contributed by atoms with Crippen LogP contribution in [0.1, 0.15) is 5.56 Å². The summed E-state index contributed by atoms with van der Waals surface area (Å²) >= 11 is 6.67. The summed E-state index contributed by atoms with van der Waals surface area (Å²) in [6, 6.07) is 13.5. The van der Waals surface area contributed by atoms with Crippen LogP contribution < -0.4 is 31.0 Å². The second kappa shape index (κ2) is 8.28. The van der Waals surface area contributed by atoms with Gasteiger partial charge in [0, 0.05) is 6.54 Å². The summed E-state index contributed by atoms with van der Waals surface area (Å²) in [6.07, 6.45) is 0. The van der Waals surface area contributed by atoms with E-state index in [-0.39, 0.29) is 19.2 Å². The number of fused-ring (bicyclic) bond motifs is 2. The Labute approximate surface area is 170 Å². The number of rotatable bonds is 5. The highest BCUT2D eigenvalue weighted by Crippen LogP contribution is 2.32. The highest BCUT2D eigenvalue weighted by atomic mass is 32.1. The van der Waals surface area contributed by atoms with Crippen molar-refractivity contribution in [1.29, 1.82) is 0 Å². The molecule has 0 spiro atoms. The first kappa shape index (κ1) is 18.3. The first-order valence-electron chi connectivity index (χ1n) is 8.48. The van der Waals surface area contributed by atoms with Crippen LogP contribution in [0.4, 0.5) is 5.13 Å². The van der Waals surface area contributed by atoms with E-state index in [2.05, 4.69) is 26.5 Å². The summed E-state index contributed by atoms with van der Waals surface area (Å²) in [5.74, 6) is 1.19. The van der Waals surface area contributed by atoms with Crippen molar-refractivity contribution in [3.05, 3.63) is 48.0 Å². The van der Waals surface area contributed by atoms with Crippen molar-refractivity contribution in [2.45, 2.75) is 6.54 Å². The van der Waals surface area contributed by atoms with Gasteiger partial charge >= 0.3 is 0 Å². The van der Waals surface area contributed by atoms with E-state index in [4.69, 9.17) is 21.7 Å². The van der Waals surface area contributed by atoms with Crippen molar-refractivity contribution in [3.63, 3.8) is 0 Å². The number of hydrogen-bond acceptors (Lipinski definition) is 7. The van der Waals surface area contributed by atoms with Crippen molar-refractivity contribution >= 4 is 49.9 Å². The van der Waals surface area contributed by atoms with Crippen molar-refractivity contribution < 1.29 is 14.3 Å². The number of thiocarbonyl (C=S) groups is 1. The maximum Gasteiger partial charge on any atom is 0.257 e. The molecule has 28 heavy (non-hydrogen) atoms. The first-order chi connectivity index (χ1) is 13.7. The average Bonchev–Trinajstić information content (AvgIpc) is 3.34. The Hall–Kier alpha value is -3.11. The van der Waals surface area contributed by atoms with Gasteiger partial charge in [0.2, 0.25) is 6.79 Å². The van der Waals surface area contributed by atoms with E-state index in [1.807, 2.05) is 42.5 Å². The molecule has 4 rings (SSSR count). The maximum absolute atomic E-state index is 12.0. The molecule has 1 aliphatic rings. The lowest BCUT2D eigenvalue weighted by Crippen LogP contribution is -2.48. The summed E-state index contributed by atoms with van der Waals surface area (Å²) in [7, 11) is 0. The minimum atomic E-state index is -0.258. The standard InChI is InChI=1S/C18H17N5O3S2/c24-16(9-20-18-21-12-3-1-2-4-15(12)28-18)22-23-17(27)19-8-11-5-6-13-14(7-11)26-10-25-13/h1-7H,8-10H2,(H,20,21)(H,22,24)(H2,19,23,27). The summed E-state index contributed by atoms with van der Waals surface area (Å²) in [6.45, 7) is 0.809. The number of ether oxygens (including phenoxy) is 2. The van der Waals surface area contributed by atoms with Crippen LogP contribution in [0, 0.1) is 0 Å². The molecule has 2 aromatic carbocycles. The smallest absolute Gasteiger partial charge is 0.257 e. The average molecular weight is 416 g/mol. The molecule has 2 heterocycles. The van der Waals surface area contributed by atoms with E-state index in [0.717, 1.165) is 21.5 Å². The third-order valence-corrected chi connectivity index (χ3v) is 5.14. The van der Waals surface area contributed by atoms with Gasteiger partial charge in [-0.05, 0) is 42.0 Å². The van der Waals surface area contributed by atoms with E-state index in [0.29, 0.717) is 22.5 Å². The van der Waals surface area contributed by atoms with E-state index in [9.17, 15) is 4.79 Å². The number of benzene rings is 2. The zero-order valence-electron chi connectivity index (χ0n) is 14.7. The highest BCUT2D eigenvalue weighted by molar-refractivity contribution is 7.80. The normalized spacial score (nSPS) is 11.9. The number of carbonyl (C=O) groups excluding carboxylic acids is 1. The fourth-order valence-corrected chi connectivity index (χ4v) is 3.54. The van der Waals surface area contributed by atoms with E-state index in [1.54, 1.807) is 0 Å². The van der Waals surface area contributed by atoms with Crippen LogP contribution in [0.2, 0.25) is 0 Å². The van der Waals surface area contributed by atoms with E-state index in [1.165, 1.54) is 11.3 Å². The number of aromatic nitrogens is 1. The second-order valence-corrected chi connectivity index (χ2v) is 7.32. The molecule has 0 unspecified atom stereocenters. The molecule has 0 aliphatic carbocycles. The quantitative estimate of drug-likeness (QED) is 0.372. The largest absolute Gasteiger partial charge is 0.454 e. The van der Waals surface area contributed by atoms with E-state index < -0.39 is 0 Å². The van der Waals surface area contributed by atoms with Crippen LogP contribution >= 0.6 is 23.6 Å². The highest BCUT2D eigenvalue weighted by Gasteiger charge is 2.13. The van der Waals surface area contributed by atoms with Gasteiger partial charge in [0.1, 0.15) is 0 Å². The van der Waals surface area contributed by atoms with Crippen molar-refractivity contribution in [3.8, 4) is 11.5 Å². The number of hydrogen-bond donors (Lipinski definition) is 4. The number of nitrogens with zero attached hydrogens (tertiary/aromatic N) is 1. The first-order valence-corrected chi connectivity index (χ1v) is 9.70. The van der Waals surface area contributed by atoms with Gasteiger partial charge in [-0.15, -0.1) is 0 Å². The van der Waals surface area contributed by atoms with E-state index >= 15 is 0 Å². The zero-order chi connectivity index (χ0) is 19.3. The maximum atomic E-state index is 12.0. The predicted octanol–water partition coefficient (Wildman–Crippen LogP) is 2.13. The zero-order valence-corrected chi connectivity index (χ0v) is 16.3. The monoisotopic (exact) mass is 415 g/mol. The van der Waals surface area contributed by atoms with Gasteiger partial charge in [0.15, 0.2) is 21.7 Å². The Balaban J connectivity index is 1.18. The predicted molar refractivity (Wildman–Crippen MR) is 111 cm³/mol. The number of hydrazine groups is 1. The third-order valence-electron chi connectivity index (χ3n) is 3.90. The number of anilines is 1. The number of para-hydroxylation sites is 1. The molecule has 4 N–H and O–H groups in total. The SMILES string of the molecule is O=C(CNc1nc2ccccc2s1)NNC(=S)NCc1ccc2c(c1)OCO2. The molecular formula is C18H17N5O3S2. The molecule has 0 atom stereocenters. The van der Waals surface area contributed by atoms with Gasteiger partial charge in [-0.2, -0.15) is 0 Å². The van der Waals surface area contributed by atoms with Crippen LogP contribution in [0.25, 0.3) is 10.2 Å². The van der Waals surface area contributed by atoms with Crippen LogP contribution in [0.15, 0.2) is 42.5 Å². The minimum Gasteiger partial charge on any atom is -0.454 e. The summed E-state index contributed by atoms with van der Waals surface area (Å²) in [5.41, 5.74) is 7.11. The number of nitrogens with one attached hydrogen (secondary N) is 4. The van der Waals surface area contributed by atoms with Gasteiger partial charge in [-0.25, -0.2) is 4.98 Å². The molecule has 0 saturated heterocycles. The molecule has 1 aliphatic heterocycles. The Bertz CT molecular complexity index is 990. The molecule has 0 radical (unpaired) electrons. The van der Waals surface area contributed by atoms with Gasteiger partial charge in [-0.1, -0.05) is 29.5 Å².